The molecule has 146 valence electrons. The second-order valence-electron chi connectivity index (χ2n) is 8.13. The van der Waals surface area contributed by atoms with E-state index in [-0.39, 0.29) is 17.6 Å². The molecule has 5 nitrogen and oxygen atoms in total. The average Bonchev–Trinajstić information content (AvgIpc) is 2.84. The van der Waals surface area contributed by atoms with E-state index >= 15 is 0 Å². The van der Waals surface area contributed by atoms with E-state index < -0.39 is 5.54 Å². The third kappa shape index (κ3) is 3.98. The first-order chi connectivity index (χ1) is 13.2. The lowest BCUT2D eigenvalue weighted by Gasteiger charge is -2.24. The molecule has 3 rings (SSSR count). The molecule has 0 saturated carbocycles. The van der Waals surface area contributed by atoms with Gasteiger partial charge in [-0.1, -0.05) is 62.4 Å². The Morgan fingerprint density at radius 1 is 1.07 bits per heavy atom. The molecule has 1 heterocycles. The van der Waals surface area contributed by atoms with Crippen molar-refractivity contribution < 1.29 is 9.59 Å². The van der Waals surface area contributed by atoms with Gasteiger partial charge in [0.1, 0.15) is 5.54 Å². The number of nitrogens with zero attached hydrogens (tertiary/aromatic N) is 1. The maximum Gasteiger partial charge on any atom is 0.255 e. The average molecular weight is 377 g/mol. The molecule has 0 bridgehead atoms. The summed E-state index contributed by atoms with van der Waals surface area (Å²) in [6.45, 7) is 7.96. The van der Waals surface area contributed by atoms with Crippen molar-refractivity contribution in [2.45, 2.75) is 46.2 Å². The Bertz CT molecular complexity index is 900. The highest BCUT2D eigenvalue weighted by Gasteiger charge is 2.45. The molecule has 1 atom stereocenters. The standard InChI is InChI=1S/C23H27N3O2/c1-15(2)13-23(4)21(28)26(22(24)25-23)14-17-5-7-19(8-6-17)20-11-9-18(10-12-20)16(3)27/h5-12,15H,13-14H2,1-4H3,(H2,24,25). The number of hydrogen-bond donors (Lipinski definition) is 2. The SMILES string of the molecule is CC(=O)c1ccc(-c2ccc(CN3C(=N)NC(C)(CC(C)C)C3=O)cc2)cc1. The first-order valence-corrected chi connectivity index (χ1v) is 9.58. The molecule has 5 heteroatoms. The number of rotatable bonds is 6. The van der Waals surface area contributed by atoms with Crippen LogP contribution < -0.4 is 5.32 Å². The maximum absolute atomic E-state index is 12.8. The van der Waals surface area contributed by atoms with Crippen LogP contribution in [-0.2, 0) is 11.3 Å². The first-order valence-electron chi connectivity index (χ1n) is 9.58. The highest BCUT2D eigenvalue weighted by Crippen LogP contribution is 2.27. The zero-order chi connectivity index (χ0) is 20.5. The molecule has 2 aromatic rings. The van der Waals surface area contributed by atoms with Gasteiger partial charge in [0.05, 0.1) is 6.54 Å². The molecular weight excluding hydrogens is 350 g/mol. The minimum atomic E-state index is -0.705. The van der Waals surface area contributed by atoms with E-state index in [0.29, 0.717) is 24.4 Å². The van der Waals surface area contributed by atoms with Gasteiger partial charge in [-0.25, -0.2) is 0 Å². The topological polar surface area (TPSA) is 73.3 Å². The van der Waals surface area contributed by atoms with Crippen LogP contribution in [0.2, 0.25) is 0 Å². The highest BCUT2D eigenvalue weighted by molar-refractivity contribution is 6.07. The number of carbonyl (C=O) groups is 2. The van der Waals surface area contributed by atoms with Gasteiger partial charge in [0.2, 0.25) is 0 Å². The summed E-state index contributed by atoms with van der Waals surface area (Å²) in [5, 5.41) is 11.2. The Labute approximate surface area is 166 Å². The number of nitrogens with one attached hydrogen (secondary N) is 2. The predicted octanol–water partition coefficient (Wildman–Crippen LogP) is 4.23. The lowest BCUT2D eigenvalue weighted by Crippen LogP contribution is -2.44. The normalized spacial score (nSPS) is 19.2. The van der Waals surface area contributed by atoms with Crippen LogP contribution in [0.5, 0.6) is 0 Å². The first kappa shape index (κ1) is 19.8. The van der Waals surface area contributed by atoms with Crippen molar-refractivity contribution in [1.29, 1.82) is 5.41 Å². The van der Waals surface area contributed by atoms with Gasteiger partial charge in [-0.05, 0) is 42.9 Å². The van der Waals surface area contributed by atoms with Gasteiger partial charge in [0.15, 0.2) is 11.7 Å². The quantitative estimate of drug-likeness (QED) is 0.740. The summed E-state index contributed by atoms with van der Waals surface area (Å²) in [4.78, 5) is 25.8. The zero-order valence-corrected chi connectivity index (χ0v) is 16.9. The van der Waals surface area contributed by atoms with Gasteiger partial charge < -0.3 is 5.32 Å². The van der Waals surface area contributed by atoms with Crippen LogP contribution >= 0.6 is 0 Å². The largest absolute Gasteiger partial charge is 0.342 e. The lowest BCUT2D eigenvalue weighted by molar-refractivity contribution is -0.131. The molecule has 0 radical (unpaired) electrons. The number of hydrogen-bond acceptors (Lipinski definition) is 3. The fraction of sp³-hybridized carbons (Fsp3) is 0.348. The third-order valence-electron chi connectivity index (χ3n) is 5.12. The Kier molecular flexibility index (Phi) is 5.36. The fourth-order valence-electron chi connectivity index (χ4n) is 3.77. The van der Waals surface area contributed by atoms with Crippen molar-refractivity contribution in [2.24, 2.45) is 5.92 Å². The molecule has 1 amide bonds. The molecule has 1 aliphatic rings. The van der Waals surface area contributed by atoms with Crippen molar-refractivity contribution in [3.8, 4) is 11.1 Å². The summed E-state index contributed by atoms with van der Waals surface area (Å²) >= 11 is 0. The molecule has 1 saturated heterocycles. The van der Waals surface area contributed by atoms with Crippen LogP contribution in [0.4, 0.5) is 0 Å². The van der Waals surface area contributed by atoms with E-state index in [1.54, 1.807) is 6.92 Å². The van der Waals surface area contributed by atoms with Crippen LogP contribution in [0.15, 0.2) is 48.5 Å². The molecule has 0 spiro atoms. The van der Waals surface area contributed by atoms with E-state index in [4.69, 9.17) is 5.41 Å². The number of Topliss-reactive ketones (excluding diaryl/α,β-unsaturated/α-hetero) is 1. The van der Waals surface area contributed by atoms with E-state index in [9.17, 15) is 9.59 Å². The van der Waals surface area contributed by atoms with Gasteiger partial charge in [0, 0.05) is 5.56 Å². The molecule has 1 fully saturated rings. The number of ketones is 1. The van der Waals surface area contributed by atoms with E-state index in [1.165, 1.54) is 4.90 Å². The minimum absolute atomic E-state index is 0.0462. The van der Waals surface area contributed by atoms with Crippen LogP contribution in [0, 0.1) is 11.3 Å². The van der Waals surface area contributed by atoms with Crippen LogP contribution in [0.1, 0.15) is 50.0 Å². The number of guanidine groups is 1. The monoisotopic (exact) mass is 377 g/mol. The zero-order valence-electron chi connectivity index (χ0n) is 16.9. The number of carbonyl (C=O) groups excluding carboxylic acids is 2. The van der Waals surface area contributed by atoms with E-state index in [2.05, 4.69) is 19.2 Å². The van der Waals surface area contributed by atoms with Crippen molar-refractivity contribution >= 4 is 17.6 Å². The third-order valence-corrected chi connectivity index (χ3v) is 5.12. The van der Waals surface area contributed by atoms with Crippen LogP contribution in [0.3, 0.4) is 0 Å². The fourth-order valence-corrected chi connectivity index (χ4v) is 3.77. The molecule has 2 N–H and O–H groups in total. The molecule has 1 unspecified atom stereocenters. The lowest BCUT2D eigenvalue weighted by atomic mass is 9.91. The van der Waals surface area contributed by atoms with Crippen LogP contribution in [-0.4, -0.2) is 28.1 Å². The van der Waals surface area contributed by atoms with E-state index in [0.717, 1.165) is 16.7 Å². The number of benzene rings is 2. The summed E-state index contributed by atoms with van der Waals surface area (Å²) in [5.74, 6) is 0.535. The summed E-state index contributed by atoms with van der Waals surface area (Å²) in [7, 11) is 0. The Balaban J connectivity index is 1.73. The molecule has 28 heavy (non-hydrogen) atoms. The van der Waals surface area contributed by atoms with Gasteiger partial charge in [-0.2, -0.15) is 0 Å². The molecule has 0 aromatic heterocycles. The second-order valence-corrected chi connectivity index (χ2v) is 8.13. The molecular formula is C23H27N3O2. The van der Waals surface area contributed by atoms with Crippen molar-refractivity contribution in [1.82, 2.24) is 10.2 Å². The smallest absolute Gasteiger partial charge is 0.255 e. The Morgan fingerprint density at radius 2 is 1.61 bits per heavy atom. The van der Waals surface area contributed by atoms with E-state index in [1.807, 2.05) is 55.5 Å². The summed E-state index contributed by atoms with van der Waals surface area (Å²) < 4.78 is 0. The molecule has 1 aliphatic heterocycles. The van der Waals surface area contributed by atoms with Gasteiger partial charge in [0.25, 0.3) is 5.91 Å². The van der Waals surface area contributed by atoms with Crippen molar-refractivity contribution in [2.75, 3.05) is 0 Å². The molecule has 0 aliphatic carbocycles. The Hall–Kier alpha value is -2.95. The van der Waals surface area contributed by atoms with Crippen LogP contribution in [0.25, 0.3) is 11.1 Å². The van der Waals surface area contributed by atoms with Crippen molar-refractivity contribution in [3.63, 3.8) is 0 Å². The summed E-state index contributed by atoms with van der Waals surface area (Å²) in [5.41, 5.74) is 3.04. The summed E-state index contributed by atoms with van der Waals surface area (Å²) in [6, 6.07) is 15.5. The summed E-state index contributed by atoms with van der Waals surface area (Å²) in [6.07, 6.45) is 0.694. The predicted molar refractivity (Wildman–Crippen MR) is 111 cm³/mol. The van der Waals surface area contributed by atoms with Crippen molar-refractivity contribution in [3.05, 3.63) is 59.7 Å². The van der Waals surface area contributed by atoms with Gasteiger partial charge in [-0.3, -0.25) is 19.9 Å². The second kappa shape index (κ2) is 7.58. The Morgan fingerprint density at radius 3 is 2.11 bits per heavy atom. The van der Waals surface area contributed by atoms with Gasteiger partial charge >= 0.3 is 0 Å². The molecule has 2 aromatic carbocycles. The van der Waals surface area contributed by atoms with Gasteiger partial charge in [-0.15, -0.1) is 0 Å². The highest BCUT2D eigenvalue weighted by atomic mass is 16.2. The number of amides is 1. The maximum atomic E-state index is 12.8. The minimum Gasteiger partial charge on any atom is -0.342 e.